The van der Waals surface area contributed by atoms with Crippen molar-refractivity contribution in [1.82, 2.24) is 9.55 Å². The van der Waals surface area contributed by atoms with Crippen LogP contribution in [0.4, 0.5) is 13.2 Å². The number of alkyl halides is 2. The molecule has 3 aromatic carbocycles. The van der Waals surface area contributed by atoms with E-state index < -0.39 is 11.6 Å². The molecular formula is C25H18BF3N4S. The number of imidazole rings is 1. The Morgan fingerprint density at radius 3 is 2.32 bits per heavy atom. The summed E-state index contributed by atoms with van der Waals surface area (Å²) in [7, 11) is 5.80. The molecule has 1 aliphatic heterocycles. The van der Waals surface area contributed by atoms with Crippen LogP contribution in [0, 0.1) is 5.82 Å². The molecule has 0 atom stereocenters. The summed E-state index contributed by atoms with van der Waals surface area (Å²) in [5.74, 6) is -2.86. The highest BCUT2D eigenvalue weighted by molar-refractivity contribution is 7.98. The highest BCUT2D eigenvalue weighted by Gasteiger charge is 2.60. The fourth-order valence-corrected chi connectivity index (χ4v) is 4.59. The Balaban J connectivity index is 1.41. The number of thioether (sulfide) groups is 1. The van der Waals surface area contributed by atoms with Crippen molar-refractivity contribution in [1.29, 1.82) is 0 Å². The number of rotatable bonds is 7. The Morgan fingerprint density at radius 1 is 1.00 bits per heavy atom. The van der Waals surface area contributed by atoms with Crippen LogP contribution in [0.5, 0.6) is 0 Å². The Morgan fingerprint density at radius 2 is 1.71 bits per heavy atom. The van der Waals surface area contributed by atoms with Gasteiger partial charge in [0.25, 0.3) is 11.6 Å². The zero-order valence-electron chi connectivity index (χ0n) is 18.1. The van der Waals surface area contributed by atoms with Crippen molar-refractivity contribution < 1.29 is 13.2 Å². The van der Waals surface area contributed by atoms with E-state index in [1.807, 2.05) is 29.0 Å². The minimum atomic E-state index is -3.06. The summed E-state index contributed by atoms with van der Waals surface area (Å²) in [5, 5.41) is 7.88. The van der Waals surface area contributed by atoms with E-state index in [0.717, 1.165) is 23.7 Å². The molecular weight excluding hydrogens is 456 g/mol. The molecule has 5 rings (SSSR count). The van der Waals surface area contributed by atoms with Gasteiger partial charge in [-0.3, -0.25) is 4.57 Å². The zero-order chi connectivity index (χ0) is 23.9. The number of aromatic nitrogens is 2. The summed E-state index contributed by atoms with van der Waals surface area (Å²) in [6.07, 6.45) is 1.86. The maximum Gasteiger partial charge on any atom is 0.297 e. The van der Waals surface area contributed by atoms with Gasteiger partial charge in [-0.15, -0.1) is 10.2 Å². The fraction of sp³-hybridized carbons (Fsp3) is 0.160. The normalized spacial score (nSPS) is 14.4. The average Bonchev–Trinajstić information content (AvgIpc) is 3.53. The van der Waals surface area contributed by atoms with Crippen LogP contribution >= 0.6 is 11.8 Å². The van der Waals surface area contributed by atoms with Gasteiger partial charge in [-0.05, 0) is 23.8 Å². The molecule has 4 aromatic rings. The van der Waals surface area contributed by atoms with Crippen LogP contribution in [0.2, 0.25) is 0 Å². The molecule has 1 aromatic heterocycles. The minimum absolute atomic E-state index is 0.343. The van der Waals surface area contributed by atoms with Crippen molar-refractivity contribution in [3.05, 3.63) is 95.9 Å². The summed E-state index contributed by atoms with van der Waals surface area (Å²) >= 11 is 1.46. The Hall–Kier alpha value is -3.33. The SMILES string of the molecule is [B]c1ccc(-c2cn(-c3cccc(F)c3)c(SCc3ccc(C4(C(C)(F)F)N=N4)cc3)n2)cc1. The molecule has 2 radical (unpaired) electrons. The topological polar surface area (TPSA) is 42.5 Å². The average molecular weight is 474 g/mol. The van der Waals surface area contributed by atoms with Crippen LogP contribution in [-0.4, -0.2) is 23.3 Å². The summed E-state index contributed by atoms with van der Waals surface area (Å²) in [5.41, 5.74) is 2.44. The van der Waals surface area contributed by atoms with Gasteiger partial charge in [-0.25, -0.2) is 18.2 Å². The van der Waals surface area contributed by atoms with Gasteiger partial charge in [0.2, 0.25) is 0 Å². The first-order chi connectivity index (χ1) is 16.2. The third-order valence-corrected chi connectivity index (χ3v) is 6.63. The van der Waals surface area contributed by atoms with Crippen LogP contribution in [-0.2, 0) is 11.4 Å². The predicted molar refractivity (Wildman–Crippen MR) is 128 cm³/mol. The van der Waals surface area contributed by atoms with Crippen molar-refractivity contribution in [2.75, 3.05) is 0 Å². The molecule has 0 saturated heterocycles. The summed E-state index contributed by atoms with van der Waals surface area (Å²) < 4.78 is 43.5. The van der Waals surface area contributed by atoms with E-state index in [0.29, 0.717) is 27.6 Å². The molecule has 0 amide bonds. The zero-order valence-corrected chi connectivity index (χ0v) is 18.9. The molecule has 168 valence electrons. The lowest BCUT2D eigenvalue weighted by atomic mass is 9.95. The first-order valence-electron chi connectivity index (χ1n) is 10.5. The van der Waals surface area contributed by atoms with Crippen LogP contribution in [0.25, 0.3) is 16.9 Å². The molecule has 0 aliphatic carbocycles. The largest absolute Gasteiger partial charge is 0.297 e. The molecule has 2 heterocycles. The maximum absolute atomic E-state index is 13.9. The molecule has 0 spiro atoms. The Kier molecular flexibility index (Phi) is 5.60. The van der Waals surface area contributed by atoms with Gasteiger partial charge in [-0.2, -0.15) is 0 Å². The van der Waals surface area contributed by atoms with E-state index in [2.05, 4.69) is 10.2 Å². The van der Waals surface area contributed by atoms with E-state index in [1.54, 1.807) is 42.5 Å². The summed E-state index contributed by atoms with van der Waals surface area (Å²) in [4.78, 5) is 4.76. The van der Waals surface area contributed by atoms with E-state index in [9.17, 15) is 13.2 Å². The Bertz CT molecular complexity index is 1360. The second kappa shape index (κ2) is 8.47. The monoisotopic (exact) mass is 474 g/mol. The van der Waals surface area contributed by atoms with Crippen molar-refractivity contribution in [3.8, 4) is 16.9 Å². The van der Waals surface area contributed by atoms with Gasteiger partial charge < -0.3 is 0 Å². The smallest absolute Gasteiger partial charge is 0.294 e. The highest BCUT2D eigenvalue weighted by Crippen LogP contribution is 2.51. The van der Waals surface area contributed by atoms with Crippen LogP contribution in [0.15, 0.2) is 94.4 Å². The lowest BCUT2D eigenvalue weighted by molar-refractivity contribution is -0.0274. The number of halogens is 3. The van der Waals surface area contributed by atoms with Crippen LogP contribution in [0.3, 0.4) is 0 Å². The van der Waals surface area contributed by atoms with E-state index in [1.165, 1.54) is 23.9 Å². The molecule has 0 fully saturated rings. The van der Waals surface area contributed by atoms with Gasteiger partial charge in [0.05, 0.1) is 11.4 Å². The molecule has 4 nitrogen and oxygen atoms in total. The standard InChI is InChI=1S/C25H18BF3N4S/c1-24(28,29)25(31-32-25)18-9-5-16(6-10-18)15-34-23-30-22(17-7-11-19(26)12-8-17)14-33(23)21-4-2-3-20(27)13-21/h2-14H,15H2,1H3. The first kappa shape index (κ1) is 22.5. The van der Waals surface area contributed by atoms with Crippen LogP contribution < -0.4 is 5.46 Å². The van der Waals surface area contributed by atoms with E-state index >= 15 is 0 Å². The van der Waals surface area contributed by atoms with Gasteiger partial charge in [0.1, 0.15) is 13.7 Å². The number of hydrogen-bond acceptors (Lipinski definition) is 4. The molecule has 0 unspecified atom stereocenters. The van der Waals surface area contributed by atoms with Gasteiger partial charge in [0, 0.05) is 30.0 Å². The van der Waals surface area contributed by atoms with Crippen LogP contribution in [0.1, 0.15) is 18.1 Å². The number of benzene rings is 3. The van der Waals surface area contributed by atoms with E-state index in [-0.39, 0.29) is 5.82 Å². The molecule has 1 aliphatic rings. The van der Waals surface area contributed by atoms with Crippen molar-refractivity contribution >= 4 is 25.1 Å². The molecule has 0 bridgehead atoms. The molecule has 0 N–H and O–H groups in total. The molecule has 34 heavy (non-hydrogen) atoms. The van der Waals surface area contributed by atoms with Crippen molar-refractivity contribution in [2.45, 2.75) is 29.4 Å². The minimum Gasteiger partial charge on any atom is -0.294 e. The third-order valence-electron chi connectivity index (χ3n) is 5.60. The van der Waals surface area contributed by atoms with Gasteiger partial charge in [-0.1, -0.05) is 71.8 Å². The number of nitrogens with zero attached hydrogens (tertiary/aromatic N) is 4. The molecule has 9 heteroatoms. The van der Waals surface area contributed by atoms with Crippen molar-refractivity contribution in [3.63, 3.8) is 0 Å². The third kappa shape index (κ3) is 4.28. The molecule has 0 saturated carbocycles. The Labute approximate surface area is 200 Å². The first-order valence-corrected chi connectivity index (χ1v) is 11.5. The summed E-state index contributed by atoms with van der Waals surface area (Å²) in [6, 6.07) is 20.5. The van der Waals surface area contributed by atoms with Gasteiger partial charge >= 0.3 is 0 Å². The second-order valence-corrected chi connectivity index (χ2v) is 9.07. The highest BCUT2D eigenvalue weighted by atomic mass is 32.2. The maximum atomic E-state index is 13.9. The number of hydrogen-bond donors (Lipinski definition) is 0. The lowest BCUT2D eigenvalue weighted by Crippen LogP contribution is -2.31. The van der Waals surface area contributed by atoms with E-state index in [4.69, 9.17) is 12.8 Å². The quantitative estimate of drug-likeness (QED) is 0.242. The lowest BCUT2D eigenvalue weighted by Gasteiger charge is -2.18. The van der Waals surface area contributed by atoms with Gasteiger partial charge in [0.15, 0.2) is 5.16 Å². The summed E-state index contributed by atoms with van der Waals surface area (Å²) in [6.45, 7) is 0.821. The predicted octanol–water partition coefficient (Wildman–Crippen LogP) is 6.04. The fourth-order valence-electron chi connectivity index (χ4n) is 3.64. The second-order valence-electron chi connectivity index (χ2n) is 8.13. The van der Waals surface area contributed by atoms with Crippen molar-refractivity contribution in [2.24, 2.45) is 10.2 Å².